The van der Waals surface area contributed by atoms with Gasteiger partial charge in [-0.1, -0.05) is 12.8 Å². The highest BCUT2D eigenvalue weighted by Gasteiger charge is 2.21. The molecule has 0 heterocycles. The SMILES string of the molecule is COCCNc1ccc(C(=O)NC2CCCC2)cc1[N+](=O)[O-]. The van der Waals surface area contributed by atoms with Crippen LogP contribution in [0.2, 0.25) is 0 Å². The number of benzene rings is 1. The summed E-state index contributed by atoms with van der Waals surface area (Å²) >= 11 is 0. The maximum absolute atomic E-state index is 12.2. The van der Waals surface area contributed by atoms with Gasteiger partial charge in [0.15, 0.2) is 0 Å². The molecule has 0 unspecified atom stereocenters. The Morgan fingerprint density at radius 3 is 2.77 bits per heavy atom. The van der Waals surface area contributed by atoms with Gasteiger partial charge in [0.25, 0.3) is 11.6 Å². The molecule has 22 heavy (non-hydrogen) atoms. The van der Waals surface area contributed by atoms with Crippen LogP contribution in [0.5, 0.6) is 0 Å². The van der Waals surface area contributed by atoms with E-state index in [1.807, 2.05) is 0 Å². The van der Waals surface area contributed by atoms with Crippen LogP contribution in [0.15, 0.2) is 18.2 Å². The van der Waals surface area contributed by atoms with Crippen molar-refractivity contribution < 1.29 is 14.5 Å². The minimum absolute atomic E-state index is 0.102. The lowest BCUT2D eigenvalue weighted by Gasteiger charge is -2.12. The Morgan fingerprint density at radius 2 is 2.14 bits per heavy atom. The molecule has 0 atom stereocenters. The number of nitrogens with one attached hydrogen (secondary N) is 2. The Labute approximate surface area is 129 Å². The monoisotopic (exact) mass is 307 g/mol. The summed E-state index contributed by atoms with van der Waals surface area (Å²) in [5, 5.41) is 17.0. The van der Waals surface area contributed by atoms with Gasteiger partial charge in [0.1, 0.15) is 5.69 Å². The highest BCUT2D eigenvalue weighted by Crippen LogP contribution is 2.26. The van der Waals surface area contributed by atoms with Crippen LogP contribution in [0, 0.1) is 10.1 Å². The van der Waals surface area contributed by atoms with Crippen LogP contribution in [0.3, 0.4) is 0 Å². The largest absolute Gasteiger partial charge is 0.383 e. The second kappa shape index (κ2) is 7.74. The van der Waals surface area contributed by atoms with Gasteiger partial charge in [0.2, 0.25) is 0 Å². The summed E-state index contributed by atoms with van der Waals surface area (Å²) in [7, 11) is 1.56. The average molecular weight is 307 g/mol. The fraction of sp³-hybridized carbons (Fsp3) is 0.533. The molecule has 0 aromatic heterocycles. The normalized spacial score (nSPS) is 14.8. The molecule has 1 aliphatic carbocycles. The highest BCUT2D eigenvalue weighted by atomic mass is 16.6. The number of nitro benzene ring substituents is 1. The number of amides is 1. The fourth-order valence-electron chi connectivity index (χ4n) is 2.60. The number of hydrogen-bond donors (Lipinski definition) is 2. The number of carbonyl (C=O) groups is 1. The van der Waals surface area contributed by atoms with Crippen molar-refractivity contribution in [2.24, 2.45) is 0 Å². The molecule has 0 spiro atoms. The van der Waals surface area contributed by atoms with E-state index >= 15 is 0 Å². The molecule has 7 heteroatoms. The molecule has 0 radical (unpaired) electrons. The Balaban J connectivity index is 2.10. The number of methoxy groups -OCH3 is 1. The van der Waals surface area contributed by atoms with Gasteiger partial charge in [-0.2, -0.15) is 0 Å². The molecule has 0 aliphatic heterocycles. The van der Waals surface area contributed by atoms with E-state index in [1.54, 1.807) is 19.2 Å². The first-order valence-electron chi connectivity index (χ1n) is 7.44. The molecule has 1 saturated carbocycles. The standard InChI is InChI=1S/C15H21N3O4/c1-22-9-8-16-13-7-6-11(10-14(13)18(20)21)15(19)17-12-4-2-3-5-12/h6-7,10,12,16H,2-5,8-9H2,1H3,(H,17,19). The first kappa shape index (κ1) is 16.2. The Bertz CT molecular complexity index is 542. The van der Waals surface area contributed by atoms with Crippen LogP contribution in [-0.2, 0) is 4.74 Å². The molecule has 0 saturated heterocycles. The van der Waals surface area contributed by atoms with Crippen LogP contribution >= 0.6 is 0 Å². The molecule has 7 nitrogen and oxygen atoms in total. The number of carbonyl (C=O) groups excluding carboxylic acids is 1. The van der Waals surface area contributed by atoms with Gasteiger partial charge in [-0.15, -0.1) is 0 Å². The molecule has 2 rings (SSSR count). The molecule has 2 N–H and O–H groups in total. The maximum atomic E-state index is 12.2. The second-order valence-electron chi connectivity index (χ2n) is 5.36. The van der Waals surface area contributed by atoms with Gasteiger partial charge in [0.05, 0.1) is 11.5 Å². The molecular formula is C15H21N3O4. The zero-order chi connectivity index (χ0) is 15.9. The lowest BCUT2D eigenvalue weighted by molar-refractivity contribution is -0.384. The van der Waals surface area contributed by atoms with Crippen molar-refractivity contribution in [1.82, 2.24) is 5.32 Å². The molecule has 1 amide bonds. The second-order valence-corrected chi connectivity index (χ2v) is 5.36. The summed E-state index contributed by atoms with van der Waals surface area (Å²) in [5.41, 5.74) is 0.602. The third kappa shape index (κ3) is 4.17. The van der Waals surface area contributed by atoms with E-state index in [0.717, 1.165) is 25.7 Å². The van der Waals surface area contributed by atoms with Gasteiger partial charge >= 0.3 is 0 Å². The summed E-state index contributed by atoms with van der Waals surface area (Å²) in [6.07, 6.45) is 4.19. The van der Waals surface area contributed by atoms with Crippen molar-refractivity contribution in [2.45, 2.75) is 31.7 Å². The topological polar surface area (TPSA) is 93.5 Å². The molecule has 1 aromatic carbocycles. The molecular weight excluding hydrogens is 286 g/mol. The minimum atomic E-state index is -0.485. The van der Waals surface area contributed by atoms with E-state index in [4.69, 9.17) is 4.74 Å². The van der Waals surface area contributed by atoms with E-state index < -0.39 is 4.92 Å². The van der Waals surface area contributed by atoms with Gasteiger partial charge in [-0.3, -0.25) is 14.9 Å². The molecule has 1 aromatic rings. The summed E-state index contributed by atoms with van der Waals surface area (Å²) in [5.74, 6) is -0.251. The van der Waals surface area contributed by atoms with E-state index in [1.165, 1.54) is 6.07 Å². The first-order valence-corrected chi connectivity index (χ1v) is 7.44. The van der Waals surface area contributed by atoms with Crippen molar-refractivity contribution in [3.8, 4) is 0 Å². The van der Waals surface area contributed by atoms with Crippen LogP contribution in [0.25, 0.3) is 0 Å². The van der Waals surface area contributed by atoms with Crippen molar-refractivity contribution in [3.05, 3.63) is 33.9 Å². The number of ether oxygens (including phenoxy) is 1. The van der Waals surface area contributed by atoms with Gasteiger partial charge in [-0.05, 0) is 25.0 Å². The van der Waals surface area contributed by atoms with Crippen molar-refractivity contribution in [3.63, 3.8) is 0 Å². The van der Waals surface area contributed by atoms with Crippen LogP contribution in [0.1, 0.15) is 36.0 Å². The van der Waals surface area contributed by atoms with Crippen LogP contribution in [-0.4, -0.2) is 37.1 Å². The van der Waals surface area contributed by atoms with Crippen molar-refractivity contribution in [1.29, 1.82) is 0 Å². The highest BCUT2D eigenvalue weighted by molar-refractivity contribution is 5.95. The molecule has 120 valence electrons. The van der Waals surface area contributed by atoms with Crippen LogP contribution < -0.4 is 10.6 Å². The van der Waals surface area contributed by atoms with E-state index in [9.17, 15) is 14.9 Å². The Kier molecular flexibility index (Phi) is 5.71. The third-order valence-corrected chi connectivity index (χ3v) is 3.77. The zero-order valence-corrected chi connectivity index (χ0v) is 12.6. The van der Waals surface area contributed by atoms with Crippen LogP contribution in [0.4, 0.5) is 11.4 Å². The Morgan fingerprint density at radius 1 is 1.41 bits per heavy atom. The van der Waals surface area contributed by atoms with E-state index in [0.29, 0.717) is 24.4 Å². The number of rotatable bonds is 7. The maximum Gasteiger partial charge on any atom is 0.293 e. The third-order valence-electron chi connectivity index (χ3n) is 3.77. The summed E-state index contributed by atoms with van der Waals surface area (Å²) in [6, 6.07) is 4.68. The van der Waals surface area contributed by atoms with Gasteiger partial charge in [-0.25, -0.2) is 0 Å². The lowest BCUT2D eigenvalue weighted by atomic mass is 10.1. The zero-order valence-electron chi connectivity index (χ0n) is 12.6. The first-order chi connectivity index (χ1) is 10.6. The summed E-state index contributed by atoms with van der Waals surface area (Å²) in [6.45, 7) is 0.909. The molecule has 1 fully saturated rings. The predicted octanol–water partition coefficient (Wildman–Crippen LogP) is 2.33. The fourth-order valence-corrected chi connectivity index (χ4v) is 2.60. The predicted molar refractivity (Wildman–Crippen MR) is 83.2 cm³/mol. The lowest BCUT2D eigenvalue weighted by Crippen LogP contribution is -2.32. The summed E-state index contributed by atoms with van der Waals surface area (Å²) in [4.78, 5) is 22.9. The smallest absolute Gasteiger partial charge is 0.293 e. The number of anilines is 1. The molecule has 1 aliphatic rings. The van der Waals surface area contributed by atoms with Gasteiger partial charge < -0.3 is 15.4 Å². The Hall–Kier alpha value is -2.15. The number of nitro groups is 1. The number of hydrogen-bond acceptors (Lipinski definition) is 5. The average Bonchev–Trinajstić information content (AvgIpc) is 3.00. The van der Waals surface area contributed by atoms with E-state index in [-0.39, 0.29) is 17.6 Å². The van der Waals surface area contributed by atoms with Crippen molar-refractivity contribution in [2.75, 3.05) is 25.6 Å². The van der Waals surface area contributed by atoms with E-state index in [2.05, 4.69) is 10.6 Å². The summed E-state index contributed by atoms with van der Waals surface area (Å²) < 4.78 is 4.90. The minimum Gasteiger partial charge on any atom is -0.383 e. The molecule has 0 bridgehead atoms. The quantitative estimate of drug-likeness (QED) is 0.458. The van der Waals surface area contributed by atoms with Crippen molar-refractivity contribution >= 4 is 17.3 Å². The number of nitrogens with zero attached hydrogens (tertiary/aromatic N) is 1. The van der Waals surface area contributed by atoms with Gasteiger partial charge in [0, 0.05) is 31.3 Å².